The second-order valence-electron chi connectivity index (χ2n) is 17.1. The molecule has 0 heterocycles. The summed E-state index contributed by atoms with van der Waals surface area (Å²) in [5.74, 6) is 2.53. The molecule has 0 aromatic heterocycles. The standard InChI is InChI=1S/C49H99NO2/c1-7-13-26-35-46(36-27-14-8-2)37-30-22-18-17-19-23-31-38-47(42-34-43-50(11-5)12-6)39-32-24-20-21-25-33-44-52-49(51)45-48(40-28-15-9-3)41-29-16-10-4/h46-48H,7-45H2,1-6H3. The molecule has 52 heavy (non-hydrogen) atoms. The van der Waals surface area contributed by atoms with Crippen LogP contribution in [0, 0.1) is 17.8 Å². The monoisotopic (exact) mass is 734 g/mol. The number of unbranched alkanes of at least 4 members (excludes halogenated alkanes) is 19. The molecule has 0 radical (unpaired) electrons. The van der Waals surface area contributed by atoms with Crippen LogP contribution in [0.3, 0.4) is 0 Å². The van der Waals surface area contributed by atoms with Crippen molar-refractivity contribution in [3.8, 4) is 0 Å². The quantitative estimate of drug-likeness (QED) is 0.0462. The van der Waals surface area contributed by atoms with Gasteiger partial charge in [0, 0.05) is 6.42 Å². The Hall–Kier alpha value is -0.570. The third-order valence-corrected chi connectivity index (χ3v) is 12.3. The predicted octanol–water partition coefficient (Wildman–Crippen LogP) is 16.5. The molecule has 1 atom stereocenters. The lowest BCUT2D eigenvalue weighted by Crippen LogP contribution is -2.24. The Kier molecular flexibility index (Phi) is 41.1. The molecular weight excluding hydrogens is 635 g/mol. The van der Waals surface area contributed by atoms with Crippen molar-refractivity contribution in [2.24, 2.45) is 17.8 Å². The maximum Gasteiger partial charge on any atom is 0.306 e. The molecule has 0 aromatic carbocycles. The van der Waals surface area contributed by atoms with Crippen LogP contribution in [0.4, 0.5) is 0 Å². The summed E-state index contributed by atoms with van der Waals surface area (Å²) in [7, 11) is 0. The predicted molar refractivity (Wildman–Crippen MR) is 234 cm³/mol. The van der Waals surface area contributed by atoms with E-state index in [1.807, 2.05) is 0 Å². The van der Waals surface area contributed by atoms with Gasteiger partial charge >= 0.3 is 5.97 Å². The van der Waals surface area contributed by atoms with Gasteiger partial charge in [0.1, 0.15) is 0 Å². The summed E-state index contributed by atoms with van der Waals surface area (Å²) in [6, 6.07) is 0. The van der Waals surface area contributed by atoms with E-state index in [1.54, 1.807) is 0 Å². The maximum atomic E-state index is 12.5. The molecule has 0 fully saturated rings. The van der Waals surface area contributed by atoms with Gasteiger partial charge in [0.25, 0.3) is 0 Å². The van der Waals surface area contributed by atoms with E-state index in [2.05, 4.69) is 46.4 Å². The summed E-state index contributed by atoms with van der Waals surface area (Å²) in [6.07, 6.45) is 47.2. The first-order valence-electron chi connectivity index (χ1n) is 24.4. The van der Waals surface area contributed by atoms with Crippen LogP contribution in [-0.2, 0) is 9.53 Å². The number of hydrogen-bond donors (Lipinski definition) is 0. The van der Waals surface area contributed by atoms with Crippen LogP contribution in [0.2, 0.25) is 0 Å². The van der Waals surface area contributed by atoms with Crippen molar-refractivity contribution in [1.29, 1.82) is 0 Å². The highest BCUT2D eigenvalue weighted by molar-refractivity contribution is 5.69. The zero-order valence-corrected chi connectivity index (χ0v) is 37.1. The Morgan fingerprint density at radius 2 is 0.692 bits per heavy atom. The van der Waals surface area contributed by atoms with E-state index in [-0.39, 0.29) is 5.97 Å². The normalized spacial score (nSPS) is 12.5. The summed E-state index contributed by atoms with van der Waals surface area (Å²) in [5.41, 5.74) is 0. The van der Waals surface area contributed by atoms with Gasteiger partial charge in [-0.25, -0.2) is 0 Å². The molecule has 0 N–H and O–H groups in total. The summed E-state index contributed by atoms with van der Waals surface area (Å²) < 4.78 is 5.69. The molecule has 0 aliphatic heterocycles. The number of carbonyl (C=O) groups excluding carboxylic acids is 1. The van der Waals surface area contributed by atoms with Crippen LogP contribution in [0.25, 0.3) is 0 Å². The topological polar surface area (TPSA) is 29.5 Å². The molecule has 0 aliphatic rings. The molecule has 0 aliphatic carbocycles. The lowest BCUT2D eigenvalue weighted by molar-refractivity contribution is -0.145. The summed E-state index contributed by atoms with van der Waals surface area (Å²) in [5, 5.41) is 0. The Bertz CT molecular complexity index is 671. The minimum atomic E-state index is 0.0553. The fourth-order valence-corrected chi connectivity index (χ4v) is 8.56. The van der Waals surface area contributed by atoms with Crippen molar-refractivity contribution in [3.05, 3.63) is 0 Å². The lowest BCUT2D eigenvalue weighted by Gasteiger charge is -2.21. The SMILES string of the molecule is CCCCCC(CCCCC)CCCCCCCCCC(CCCCCCCCOC(=O)CC(CCCCC)CCCCC)CCCN(CC)CC. The number of esters is 1. The van der Waals surface area contributed by atoms with Crippen molar-refractivity contribution in [2.45, 2.75) is 266 Å². The highest BCUT2D eigenvalue weighted by Crippen LogP contribution is 2.26. The van der Waals surface area contributed by atoms with Gasteiger partial charge in [-0.1, -0.05) is 228 Å². The van der Waals surface area contributed by atoms with Crippen molar-refractivity contribution in [1.82, 2.24) is 4.90 Å². The van der Waals surface area contributed by atoms with Crippen molar-refractivity contribution in [2.75, 3.05) is 26.2 Å². The highest BCUT2D eigenvalue weighted by Gasteiger charge is 2.15. The number of nitrogens with zero attached hydrogens (tertiary/aromatic N) is 1. The molecule has 0 amide bonds. The molecule has 3 heteroatoms. The number of rotatable bonds is 43. The molecule has 0 spiro atoms. The third-order valence-electron chi connectivity index (χ3n) is 12.3. The molecule has 3 nitrogen and oxygen atoms in total. The smallest absolute Gasteiger partial charge is 0.306 e. The fraction of sp³-hybridized carbons (Fsp3) is 0.980. The number of hydrogen-bond acceptors (Lipinski definition) is 3. The average molecular weight is 734 g/mol. The van der Waals surface area contributed by atoms with Crippen LogP contribution in [-0.4, -0.2) is 37.1 Å². The fourth-order valence-electron chi connectivity index (χ4n) is 8.56. The second kappa shape index (κ2) is 41.6. The zero-order chi connectivity index (χ0) is 38.2. The number of carbonyl (C=O) groups is 1. The van der Waals surface area contributed by atoms with E-state index in [0.29, 0.717) is 18.9 Å². The van der Waals surface area contributed by atoms with Gasteiger partial charge in [0.05, 0.1) is 6.61 Å². The van der Waals surface area contributed by atoms with Gasteiger partial charge in [0.2, 0.25) is 0 Å². The highest BCUT2D eigenvalue weighted by atomic mass is 16.5. The molecule has 0 bridgehead atoms. The molecule has 0 saturated carbocycles. The van der Waals surface area contributed by atoms with E-state index in [1.165, 1.54) is 232 Å². The third kappa shape index (κ3) is 35.2. The van der Waals surface area contributed by atoms with E-state index < -0.39 is 0 Å². The van der Waals surface area contributed by atoms with Crippen LogP contribution < -0.4 is 0 Å². The van der Waals surface area contributed by atoms with Gasteiger partial charge in [0.15, 0.2) is 0 Å². The van der Waals surface area contributed by atoms with Gasteiger partial charge in [-0.2, -0.15) is 0 Å². The summed E-state index contributed by atoms with van der Waals surface area (Å²) >= 11 is 0. The Labute approximate surface area is 329 Å². The van der Waals surface area contributed by atoms with E-state index in [9.17, 15) is 4.79 Å². The first-order valence-corrected chi connectivity index (χ1v) is 24.4. The summed E-state index contributed by atoms with van der Waals surface area (Å²) in [6.45, 7) is 18.1. The van der Waals surface area contributed by atoms with E-state index >= 15 is 0 Å². The zero-order valence-electron chi connectivity index (χ0n) is 37.1. The maximum absolute atomic E-state index is 12.5. The Morgan fingerprint density at radius 1 is 0.385 bits per heavy atom. The number of ether oxygens (including phenoxy) is 1. The average Bonchev–Trinajstić information content (AvgIpc) is 3.14. The molecule has 0 saturated heterocycles. The van der Waals surface area contributed by atoms with Gasteiger partial charge in [-0.05, 0) is 69.5 Å². The van der Waals surface area contributed by atoms with Gasteiger partial charge in [-0.15, -0.1) is 0 Å². The largest absolute Gasteiger partial charge is 0.466 e. The minimum Gasteiger partial charge on any atom is -0.466 e. The van der Waals surface area contributed by atoms with Crippen LogP contribution in [0.1, 0.15) is 266 Å². The van der Waals surface area contributed by atoms with Crippen LogP contribution >= 0.6 is 0 Å². The Morgan fingerprint density at radius 3 is 1.06 bits per heavy atom. The van der Waals surface area contributed by atoms with E-state index in [0.717, 1.165) is 18.3 Å². The van der Waals surface area contributed by atoms with Gasteiger partial charge < -0.3 is 9.64 Å². The van der Waals surface area contributed by atoms with Crippen LogP contribution in [0.5, 0.6) is 0 Å². The molecular formula is C49H99NO2. The van der Waals surface area contributed by atoms with Crippen LogP contribution in [0.15, 0.2) is 0 Å². The molecule has 0 aromatic rings. The first kappa shape index (κ1) is 51.4. The first-order chi connectivity index (χ1) is 25.5. The molecule has 1 unspecified atom stereocenters. The van der Waals surface area contributed by atoms with Crippen molar-refractivity contribution in [3.63, 3.8) is 0 Å². The van der Waals surface area contributed by atoms with Crippen molar-refractivity contribution < 1.29 is 9.53 Å². The Balaban J connectivity index is 4.21. The molecule has 0 rings (SSSR count). The summed E-state index contributed by atoms with van der Waals surface area (Å²) in [4.78, 5) is 15.1. The minimum absolute atomic E-state index is 0.0553. The van der Waals surface area contributed by atoms with Gasteiger partial charge in [-0.3, -0.25) is 4.79 Å². The van der Waals surface area contributed by atoms with Crippen molar-refractivity contribution >= 4 is 5.97 Å². The second-order valence-corrected chi connectivity index (χ2v) is 17.1. The molecule has 312 valence electrons. The lowest BCUT2D eigenvalue weighted by atomic mass is 9.89. The van der Waals surface area contributed by atoms with E-state index in [4.69, 9.17) is 4.74 Å².